The standard InChI is InChI=1S/C21H23FN4O2/c1-14-11-19(28-24-14)17-13-23-25(2)21(17)18-5-3-4-10-26(18)20(27)12-15-6-8-16(22)9-7-15/h6-9,11,13,18H,3-5,10,12H2,1-2H3. The topological polar surface area (TPSA) is 64.2 Å². The number of aromatic nitrogens is 3. The summed E-state index contributed by atoms with van der Waals surface area (Å²) in [5, 5.41) is 8.40. The molecule has 3 heterocycles. The second-order valence-electron chi connectivity index (χ2n) is 7.30. The highest BCUT2D eigenvalue weighted by molar-refractivity contribution is 5.79. The molecule has 1 aromatic carbocycles. The number of piperidine rings is 1. The van der Waals surface area contributed by atoms with E-state index in [2.05, 4.69) is 10.3 Å². The number of carbonyl (C=O) groups excluding carboxylic acids is 1. The number of aryl methyl sites for hydroxylation is 2. The van der Waals surface area contributed by atoms with Crippen molar-refractivity contribution < 1.29 is 13.7 Å². The number of amides is 1. The predicted octanol–water partition coefficient (Wildman–Crippen LogP) is 3.82. The van der Waals surface area contributed by atoms with Crippen LogP contribution < -0.4 is 0 Å². The lowest BCUT2D eigenvalue weighted by Crippen LogP contribution is -2.40. The van der Waals surface area contributed by atoms with Gasteiger partial charge in [0.2, 0.25) is 5.91 Å². The molecule has 6 nitrogen and oxygen atoms in total. The highest BCUT2D eigenvalue weighted by Gasteiger charge is 2.32. The van der Waals surface area contributed by atoms with Crippen molar-refractivity contribution in [1.29, 1.82) is 0 Å². The summed E-state index contributed by atoms with van der Waals surface area (Å²) in [4.78, 5) is 15.0. The van der Waals surface area contributed by atoms with Gasteiger partial charge >= 0.3 is 0 Å². The van der Waals surface area contributed by atoms with Crippen molar-refractivity contribution in [1.82, 2.24) is 19.8 Å². The molecule has 0 spiro atoms. The van der Waals surface area contributed by atoms with E-state index in [-0.39, 0.29) is 24.2 Å². The third-order valence-electron chi connectivity index (χ3n) is 5.29. The van der Waals surface area contributed by atoms with E-state index in [9.17, 15) is 9.18 Å². The van der Waals surface area contributed by atoms with Crippen LogP contribution in [0.2, 0.25) is 0 Å². The van der Waals surface area contributed by atoms with E-state index in [1.807, 2.05) is 29.6 Å². The first kappa shape index (κ1) is 18.4. The van der Waals surface area contributed by atoms with Gasteiger partial charge < -0.3 is 9.42 Å². The lowest BCUT2D eigenvalue weighted by molar-refractivity contribution is -0.134. The van der Waals surface area contributed by atoms with Crippen LogP contribution in [0.15, 0.2) is 41.1 Å². The minimum Gasteiger partial charge on any atom is -0.356 e. The smallest absolute Gasteiger partial charge is 0.227 e. The van der Waals surface area contributed by atoms with Gasteiger partial charge in [-0.25, -0.2) is 4.39 Å². The Kier molecular flexibility index (Phi) is 4.98. The van der Waals surface area contributed by atoms with Crippen molar-refractivity contribution in [2.45, 2.75) is 38.6 Å². The summed E-state index contributed by atoms with van der Waals surface area (Å²) in [5.41, 5.74) is 3.45. The molecule has 1 aliphatic heterocycles. The summed E-state index contributed by atoms with van der Waals surface area (Å²) in [5.74, 6) is 0.406. The summed E-state index contributed by atoms with van der Waals surface area (Å²) in [6.07, 6.45) is 4.91. The summed E-state index contributed by atoms with van der Waals surface area (Å²) in [6.45, 7) is 2.58. The molecule has 28 heavy (non-hydrogen) atoms. The molecule has 0 N–H and O–H groups in total. The zero-order valence-electron chi connectivity index (χ0n) is 16.1. The van der Waals surface area contributed by atoms with Crippen molar-refractivity contribution >= 4 is 5.91 Å². The lowest BCUT2D eigenvalue weighted by Gasteiger charge is -2.36. The molecule has 0 radical (unpaired) electrons. The molecule has 3 aromatic rings. The number of hydrogen-bond acceptors (Lipinski definition) is 4. The maximum atomic E-state index is 13.2. The Morgan fingerprint density at radius 3 is 2.79 bits per heavy atom. The third kappa shape index (κ3) is 3.56. The average Bonchev–Trinajstić information content (AvgIpc) is 3.29. The SMILES string of the molecule is Cc1cc(-c2cnn(C)c2C2CCCCN2C(=O)Cc2ccc(F)cc2)on1. The Bertz CT molecular complexity index is 977. The molecule has 0 saturated carbocycles. The fraction of sp³-hybridized carbons (Fsp3) is 0.381. The normalized spacial score (nSPS) is 17.1. The van der Waals surface area contributed by atoms with Crippen molar-refractivity contribution in [3.05, 3.63) is 59.3 Å². The molecule has 1 unspecified atom stereocenters. The molecule has 1 amide bonds. The third-order valence-corrected chi connectivity index (χ3v) is 5.29. The predicted molar refractivity (Wildman–Crippen MR) is 102 cm³/mol. The van der Waals surface area contributed by atoms with Crippen LogP contribution in [-0.2, 0) is 18.3 Å². The molecule has 7 heteroatoms. The number of hydrogen-bond donors (Lipinski definition) is 0. The molecule has 1 fully saturated rings. The van der Waals surface area contributed by atoms with Gasteiger partial charge in [-0.3, -0.25) is 9.48 Å². The first-order chi connectivity index (χ1) is 13.5. The minimum atomic E-state index is -0.297. The Balaban J connectivity index is 1.63. The van der Waals surface area contributed by atoms with Crippen LogP contribution in [0.4, 0.5) is 4.39 Å². The van der Waals surface area contributed by atoms with E-state index in [1.54, 1.807) is 18.3 Å². The van der Waals surface area contributed by atoms with Gasteiger partial charge in [0.15, 0.2) is 5.76 Å². The first-order valence-corrected chi connectivity index (χ1v) is 9.52. The van der Waals surface area contributed by atoms with Crippen LogP contribution in [0.25, 0.3) is 11.3 Å². The number of rotatable bonds is 4. The quantitative estimate of drug-likeness (QED) is 0.688. The number of carbonyl (C=O) groups is 1. The number of benzene rings is 1. The van der Waals surface area contributed by atoms with Crippen molar-refractivity contribution in [2.24, 2.45) is 7.05 Å². The van der Waals surface area contributed by atoms with E-state index in [0.29, 0.717) is 12.3 Å². The zero-order valence-corrected chi connectivity index (χ0v) is 16.1. The largest absolute Gasteiger partial charge is 0.356 e. The number of nitrogens with zero attached hydrogens (tertiary/aromatic N) is 4. The van der Waals surface area contributed by atoms with Crippen LogP contribution in [0.5, 0.6) is 0 Å². The van der Waals surface area contributed by atoms with Gasteiger partial charge in [0.1, 0.15) is 5.82 Å². The van der Waals surface area contributed by atoms with Crippen molar-refractivity contribution in [3.63, 3.8) is 0 Å². The summed E-state index contributed by atoms with van der Waals surface area (Å²) >= 11 is 0. The van der Waals surface area contributed by atoms with Crippen molar-refractivity contribution in [3.8, 4) is 11.3 Å². The van der Waals surface area contributed by atoms with Gasteiger partial charge in [0.05, 0.1) is 35.6 Å². The average molecular weight is 382 g/mol. The fourth-order valence-electron chi connectivity index (χ4n) is 3.92. The van der Waals surface area contributed by atoms with E-state index < -0.39 is 0 Å². The maximum Gasteiger partial charge on any atom is 0.227 e. The van der Waals surface area contributed by atoms with Crippen molar-refractivity contribution in [2.75, 3.05) is 6.54 Å². The number of likely N-dealkylation sites (tertiary alicyclic amines) is 1. The highest BCUT2D eigenvalue weighted by Crippen LogP contribution is 2.37. The second kappa shape index (κ2) is 7.58. The lowest BCUT2D eigenvalue weighted by atomic mass is 9.95. The highest BCUT2D eigenvalue weighted by atomic mass is 19.1. The Morgan fingerprint density at radius 1 is 1.29 bits per heavy atom. The Labute approximate surface area is 162 Å². The van der Waals surface area contributed by atoms with Crippen LogP contribution >= 0.6 is 0 Å². The summed E-state index contributed by atoms with van der Waals surface area (Å²) < 4.78 is 20.4. The molecule has 4 rings (SSSR count). The second-order valence-corrected chi connectivity index (χ2v) is 7.30. The monoisotopic (exact) mass is 382 g/mol. The van der Waals surface area contributed by atoms with Gasteiger partial charge in [0, 0.05) is 19.7 Å². The van der Waals surface area contributed by atoms with Crippen LogP contribution in [0.1, 0.15) is 42.3 Å². The molecule has 1 saturated heterocycles. The Hall–Kier alpha value is -2.96. The zero-order chi connectivity index (χ0) is 19.7. The molecule has 146 valence electrons. The van der Waals surface area contributed by atoms with Gasteiger partial charge in [-0.1, -0.05) is 17.3 Å². The summed E-state index contributed by atoms with van der Waals surface area (Å²) in [7, 11) is 1.89. The molecule has 0 aliphatic carbocycles. The molecule has 1 atom stereocenters. The van der Waals surface area contributed by atoms with Crippen LogP contribution in [0, 0.1) is 12.7 Å². The maximum absolute atomic E-state index is 13.2. The van der Waals surface area contributed by atoms with Gasteiger partial charge in [-0.15, -0.1) is 0 Å². The van der Waals surface area contributed by atoms with Gasteiger partial charge in [-0.2, -0.15) is 5.10 Å². The molecular formula is C21H23FN4O2. The number of halogens is 1. The Morgan fingerprint density at radius 2 is 2.07 bits per heavy atom. The van der Waals surface area contributed by atoms with Crippen LogP contribution in [0.3, 0.4) is 0 Å². The van der Waals surface area contributed by atoms with E-state index in [4.69, 9.17) is 4.52 Å². The van der Waals surface area contributed by atoms with Crippen LogP contribution in [-0.4, -0.2) is 32.3 Å². The molecule has 2 aromatic heterocycles. The molecule has 0 bridgehead atoms. The van der Waals surface area contributed by atoms with Gasteiger partial charge in [0.25, 0.3) is 0 Å². The van der Waals surface area contributed by atoms with E-state index in [1.165, 1.54) is 12.1 Å². The minimum absolute atomic E-state index is 0.0391. The van der Waals surface area contributed by atoms with E-state index in [0.717, 1.165) is 41.8 Å². The fourth-order valence-corrected chi connectivity index (χ4v) is 3.92. The van der Waals surface area contributed by atoms with Gasteiger partial charge in [-0.05, 0) is 43.9 Å². The molecule has 1 aliphatic rings. The summed E-state index contributed by atoms with van der Waals surface area (Å²) in [6, 6.07) is 7.92. The molecular weight excluding hydrogens is 359 g/mol. The first-order valence-electron chi connectivity index (χ1n) is 9.52. The van der Waals surface area contributed by atoms with E-state index >= 15 is 0 Å².